The number of pyridine rings is 1. The van der Waals surface area contributed by atoms with Crippen molar-refractivity contribution in [2.75, 3.05) is 5.73 Å². The van der Waals surface area contributed by atoms with Crippen molar-refractivity contribution in [3.63, 3.8) is 0 Å². The van der Waals surface area contributed by atoms with Crippen LogP contribution in [-0.4, -0.2) is 33.7 Å². The molecule has 4 aromatic rings. The fourth-order valence-corrected chi connectivity index (χ4v) is 4.19. The Kier molecular flexibility index (Phi) is 4.57. The highest BCUT2D eigenvalue weighted by Gasteiger charge is 2.31. The largest absolute Gasteiger partial charge is 0.573 e. The van der Waals surface area contributed by atoms with Gasteiger partial charge < -0.3 is 10.5 Å². The maximum Gasteiger partial charge on any atom is 0.573 e. The minimum atomic E-state index is -4.88. The third-order valence-corrected chi connectivity index (χ3v) is 5.76. The number of alkyl halides is 3. The van der Waals surface area contributed by atoms with Gasteiger partial charge in [0.05, 0.1) is 10.6 Å². The molecule has 30 heavy (non-hydrogen) atoms. The van der Waals surface area contributed by atoms with Gasteiger partial charge in [0.25, 0.3) is 10.0 Å². The maximum atomic E-state index is 13.2. The molecule has 2 N–H and O–H groups in total. The Labute approximate surface area is 167 Å². The second-order valence-electron chi connectivity index (χ2n) is 6.04. The van der Waals surface area contributed by atoms with Gasteiger partial charge in [0.15, 0.2) is 5.65 Å². The van der Waals surface area contributed by atoms with Crippen molar-refractivity contribution in [1.82, 2.24) is 18.9 Å². The van der Waals surface area contributed by atoms with Gasteiger partial charge in [-0.1, -0.05) is 0 Å². The van der Waals surface area contributed by atoms with Crippen LogP contribution >= 0.6 is 0 Å². The zero-order valence-corrected chi connectivity index (χ0v) is 15.7. The minimum Gasteiger partial charge on any atom is -0.406 e. The van der Waals surface area contributed by atoms with Gasteiger partial charge >= 0.3 is 6.36 Å². The lowest BCUT2D eigenvalue weighted by atomic mass is 10.1. The summed E-state index contributed by atoms with van der Waals surface area (Å²) in [4.78, 5) is 11.8. The SMILES string of the molecule is Nc1nccc(-c2cn(S(=O)(=O)c3ccc(OC(F)(F)F)cc3)c3ncccc23)n1. The van der Waals surface area contributed by atoms with Crippen LogP contribution in [0.2, 0.25) is 0 Å². The van der Waals surface area contributed by atoms with Crippen LogP contribution in [0.1, 0.15) is 0 Å². The van der Waals surface area contributed by atoms with Gasteiger partial charge in [0.1, 0.15) is 5.75 Å². The first kappa shape index (κ1) is 19.6. The normalized spacial score (nSPS) is 12.2. The van der Waals surface area contributed by atoms with E-state index in [0.717, 1.165) is 28.2 Å². The van der Waals surface area contributed by atoms with E-state index >= 15 is 0 Å². The summed E-state index contributed by atoms with van der Waals surface area (Å²) in [5.41, 5.74) is 6.60. The second-order valence-corrected chi connectivity index (χ2v) is 7.85. The Morgan fingerprint density at radius 1 is 1.00 bits per heavy atom. The van der Waals surface area contributed by atoms with Crippen LogP contribution in [0.15, 0.2) is 66.0 Å². The molecular formula is C18H12F3N5O3S. The lowest BCUT2D eigenvalue weighted by Crippen LogP contribution is -2.17. The van der Waals surface area contributed by atoms with Gasteiger partial charge in [-0.25, -0.2) is 27.3 Å². The Morgan fingerprint density at radius 2 is 1.73 bits per heavy atom. The number of rotatable bonds is 4. The molecule has 0 unspecified atom stereocenters. The number of nitrogens with two attached hydrogens (primary N) is 1. The van der Waals surface area contributed by atoms with Crippen molar-refractivity contribution in [1.29, 1.82) is 0 Å². The van der Waals surface area contributed by atoms with E-state index in [0.29, 0.717) is 16.6 Å². The van der Waals surface area contributed by atoms with Crippen LogP contribution in [-0.2, 0) is 10.0 Å². The average molecular weight is 435 g/mol. The number of anilines is 1. The summed E-state index contributed by atoms with van der Waals surface area (Å²) in [5, 5.41) is 0.496. The van der Waals surface area contributed by atoms with E-state index in [9.17, 15) is 21.6 Å². The zero-order chi connectivity index (χ0) is 21.5. The molecule has 12 heteroatoms. The van der Waals surface area contributed by atoms with Crippen LogP contribution in [0, 0.1) is 0 Å². The van der Waals surface area contributed by atoms with Crippen LogP contribution in [0.3, 0.4) is 0 Å². The zero-order valence-electron chi connectivity index (χ0n) is 14.9. The molecule has 8 nitrogen and oxygen atoms in total. The third-order valence-electron chi connectivity index (χ3n) is 4.10. The predicted molar refractivity (Wildman–Crippen MR) is 101 cm³/mol. The lowest BCUT2D eigenvalue weighted by Gasteiger charge is -2.10. The highest BCUT2D eigenvalue weighted by molar-refractivity contribution is 7.90. The number of hydrogen-bond donors (Lipinski definition) is 1. The first-order chi connectivity index (χ1) is 14.1. The highest BCUT2D eigenvalue weighted by atomic mass is 32.2. The average Bonchev–Trinajstić information content (AvgIpc) is 3.08. The van der Waals surface area contributed by atoms with E-state index in [2.05, 4.69) is 19.7 Å². The van der Waals surface area contributed by atoms with E-state index in [1.807, 2.05) is 0 Å². The second kappa shape index (κ2) is 6.99. The molecule has 3 aromatic heterocycles. The molecule has 0 aliphatic carbocycles. The van der Waals surface area contributed by atoms with Gasteiger partial charge in [-0.3, -0.25) is 0 Å². The Balaban J connectivity index is 1.83. The number of aromatic nitrogens is 4. The molecule has 4 rings (SSSR count). The van der Waals surface area contributed by atoms with Crippen molar-refractivity contribution in [2.45, 2.75) is 11.3 Å². The van der Waals surface area contributed by atoms with Crippen LogP contribution in [0.25, 0.3) is 22.3 Å². The molecule has 0 spiro atoms. The first-order valence-electron chi connectivity index (χ1n) is 8.31. The quantitative estimate of drug-likeness (QED) is 0.524. The van der Waals surface area contributed by atoms with Gasteiger partial charge in [0.2, 0.25) is 5.95 Å². The standard InChI is InChI=1S/C18H12F3N5O3S/c19-18(20,21)29-11-3-5-12(6-4-11)30(27,28)26-10-14(13-2-1-8-23-16(13)26)15-7-9-24-17(22)25-15/h1-10H,(H2,22,24,25). The van der Waals surface area contributed by atoms with E-state index < -0.39 is 22.1 Å². The van der Waals surface area contributed by atoms with Crippen molar-refractivity contribution in [3.8, 4) is 17.0 Å². The predicted octanol–water partition coefficient (Wildman–Crippen LogP) is 3.21. The van der Waals surface area contributed by atoms with E-state index in [-0.39, 0.29) is 16.5 Å². The molecule has 0 saturated heterocycles. The molecule has 154 valence electrons. The minimum absolute atomic E-state index is 0.0143. The molecule has 0 saturated carbocycles. The molecule has 0 fully saturated rings. The molecule has 0 atom stereocenters. The number of nitrogen functional groups attached to an aromatic ring is 1. The summed E-state index contributed by atoms with van der Waals surface area (Å²) >= 11 is 0. The van der Waals surface area contributed by atoms with Gasteiger partial charge in [0, 0.05) is 29.5 Å². The smallest absolute Gasteiger partial charge is 0.406 e. The van der Waals surface area contributed by atoms with Crippen LogP contribution in [0.4, 0.5) is 19.1 Å². The molecule has 0 bridgehead atoms. The Hall–Kier alpha value is -3.67. The summed E-state index contributed by atoms with van der Waals surface area (Å²) in [7, 11) is -4.18. The maximum absolute atomic E-state index is 13.2. The fraction of sp³-hybridized carbons (Fsp3) is 0.0556. The fourth-order valence-electron chi connectivity index (χ4n) is 2.87. The summed E-state index contributed by atoms with van der Waals surface area (Å²) in [6.45, 7) is 0. The topological polar surface area (TPSA) is 113 Å². The van der Waals surface area contributed by atoms with Gasteiger partial charge in [-0.15, -0.1) is 13.2 Å². The van der Waals surface area contributed by atoms with Crippen molar-refractivity contribution >= 4 is 27.0 Å². The first-order valence-corrected chi connectivity index (χ1v) is 9.75. The number of fused-ring (bicyclic) bond motifs is 1. The molecule has 0 amide bonds. The molecule has 0 aliphatic rings. The number of benzene rings is 1. The number of ether oxygens (including phenoxy) is 1. The number of halogens is 3. The Morgan fingerprint density at radius 3 is 2.40 bits per heavy atom. The van der Waals surface area contributed by atoms with E-state index in [1.54, 1.807) is 18.2 Å². The lowest BCUT2D eigenvalue weighted by molar-refractivity contribution is -0.274. The number of hydrogen-bond acceptors (Lipinski definition) is 7. The number of nitrogens with zero attached hydrogens (tertiary/aromatic N) is 4. The highest BCUT2D eigenvalue weighted by Crippen LogP contribution is 2.32. The van der Waals surface area contributed by atoms with Crippen LogP contribution in [0.5, 0.6) is 5.75 Å². The van der Waals surface area contributed by atoms with Crippen molar-refractivity contribution < 1.29 is 26.3 Å². The monoisotopic (exact) mass is 435 g/mol. The molecule has 3 heterocycles. The Bertz CT molecular complexity index is 1340. The van der Waals surface area contributed by atoms with Crippen molar-refractivity contribution in [3.05, 3.63) is 61.1 Å². The summed E-state index contributed by atoms with van der Waals surface area (Å²) in [6, 6.07) is 8.76. The molecule has 0 aliphatic heterocycles. The molecule has 0 radical (unpaired) electrons. The van der Waals surface area contributed by atoms with E-state index in [4.69, 9.17) is 5.73 Å². The third kappa shape index (κ3) is 3.64. The molecule has 1 aromatic carbocycles. The summed E-state index contributed by atoms with van der Waals surface area (Å²) in [6.07, 6.45) is -0.693. The van der Waals surface area contributed by atoms with Gasteiger partial charge in [-0.05, 0) is 42.5 Å². The van der Waals surface area contributed by atoms with Crippen molar-refractivity contribution in [2.24, 2.45) is 0 Å². The summed E-state index contributed by atoms with van der Waals surface area (Å²) < 4.78 is 68.0. The van der Waals surface area contributed by atoms with Crippen LogP contribution < -0.4 is 10.5 Å². The van der Waals surface area contributed by atoms with Gasteiger partial charge in [-0.2, -0.15) is 0 Å². The summed E-state index contributed by atoms with van der Waals surface area (Å²) in [5.74, 6) is -0.519. The molecular weight excluding hydrogens is 423 g/mol. The van der Waals surface area contributed by atoms with E-state index in [1.165, 1.54) is 18.6 Å².